The molecule has 0 unspecified atom stereocenters. The summed E-state index contributed by atoms with van der Waals surface area (Å²) in [6.07, 6.45) is 5.25. The van der Waals surface area contributed by atoms with Crippen LogP contribution in [-0.4, -0.2) is 36.7 Å². The van der Waals surface area contributed by atoms with Crippen LogP contribution < -0.4 is 0 Å². The molecular weight excluding hydrogens is 278 g/mol. The van der Waals surface area contributed by atoms with Gasteiger partial charge in [-0.1, -0.05) is 23.7 Å². The number of aromatic nitrogens is 5. The van der Waals surface area contributed by atoms with E-state index in [1.807, 2.05) is 25.4 Å². The molecule has 20 heavy (non-hydrogen) atoms. The number of hydrogen-bond donors (Lipinski definition) is 2. The molecule has 0 amide bonds. The second-order valence-corrected chi connectivity index (χ2v) is 5.24. The van der Waals surface area contributed by atoms with Crippen molar-refractivity contribution in [1.82, 2.24) is 25.0 Å². The van der Waals surface area contributed by atoms with Crippen molar-refractivity contribution < 1.29 is 5.11 Å². The number of rotatable bonds is 4. The Morgan fingerprint density at radius 1 is 1.50 bits per heavy atom. The fraction of sp³-hybridized carbons (Fsp3) is 0.308. The van der Waals surface area contributed by atoms with Crippen LogP contribution in [0.1, 0.15) is 6.92 Å². The Kier molecular flexibility index (Phi) is 3.42. The first-order valence-electron chi connectivity index (χ1n) is 6.32. The topological polar surface area (TPSA) is 79.6 Å². The molecule has 0 spiro atoms. The van der Waals surface area contributed by atoms with E-state index in [-0.39, 0.29) is 12.5 Å². The summed E-state index contributed by atoms with van der Waals surface area (Å²) in [5, 5.41) is 18.8. The van der Waals surface area contributed by atoms with E-state index >= 15 is 0 Å². The maximum absolute atomic E-state index is 9.08. The second kappa shape index (κ2) is 5.22. The number of fused-ring (bicyclic) bond motifs is 1. The minimum Gasteiger partial charge on any atom is -0.396 e. The summed E-state index contributed by atoms with van der Waals surface area (Å²) >= 11 is 6.24. The standard InChI is InChI=1S/C13H14ClN5O/c1-8(7-20)5-19-6-11(17-18-19)12-9-2-3-15-13(9)16-4-10(12)14/h2-4,6,8,20H,5,7H2,1H3,(H,15,16)/t8-/m0/s1. The van der Waals surface area contributed by atoms with Crippen LogP contribution >= 0.6 is 11.6 Å². The highest BCUT2D eigenvalue weighted by Gasteiger charge is 2.14. The van der Waals surface area contributed by atoms with Gasteiger partial charge in [0.15, 0.2) is 0 Å². The van der Waals surface area contributed by atoms with E-state index in [4.69, 9.17) is 16.7 Å². The van der Waals surface area contributed by atoms with Gasteiger partial charge in [-0.25, -0.2) is 4.98 Å². The number of nitrogens with one attached hydrogen (secondary N) is 1. The molecule has 1 atom stereocenters. The Morgan fingerprint density at radius 3 is 3.15 bits per heavy atom. The van der Waals surface area contributed by atoms with Gasteiger partial charge in [0.25, 0.3) is 0 Å². The van der Waals surface area contributed by atoms with Crippen molar-refractivity contribution in [1.29, 1.82) is 0 Å². The van der Waals surface area contributed by atoms with Crippen LogP contribution in [0.15, 0.2) is 24.7 Å². The lowest BCUT2D eigenvalue weighted by Gasteiger charge is -2.05. The van der Waals surface area contributed by atoms with Gasteiger partial charge in [-0.05, 0) is 12.0 Å². The normalized spacial score (nSPS) is 12.9. The van der Waals surface area contributed by atoms with Gasteiger partial charge in [0, 0.05) is 36.5 Å². The predicted molar refractivity (Wildman–Crippen MR) is 76.4 cm³/mol. The first-order chi connectivity index (χ1) is 9.69. The monoisotopic (exact) mass is 291 g/mol. The third-order valence-corrected chi connectivity index (χ3v) is 3.43. The van der Waals surface area contributed by atoms with Crippen molar-refractivity contribution in [3.63, 3.8) is 0 Å². The highest BCUT2D eigenvalue weighted by molar-refractivity contribution is 6.34. The van der Waals surface area contributed by atoms with Crippen LogP contribution in [0.2, 0.25) is 5.02 Å². The van der Waals surface area contributed by atoms with Gasteiger partial charge in [-0.15, -0.1) is 5.10 Å². The molecule has 7 heteroatoms. The van der Waals surface area contributed by atoms with Gasteiger partial charge in [-0.3, -0.25) is 4.68 Å². The predicted octanol–water partition coefficient (Wildman–Crippen LogP) is 2.10. The zero-order valence-corrected chi connectivity index (χ0v) is 11.7. The zero-order valence-electron chi connectivity index (χ0n) is 10.9. The molecule has 0 bridgehead atoms. The lowest BCUT2D eigenvalue weighted by atomic mass is 10.1. The van der Waals surface area contributed by atoms with Gasteiger partial charge < -0.3 is 10.1 Å². The number of aromatic amines is 1. The Hall–Kier alpha value is -1.92. The summed E-state index contributed by atoms with van der Waals surface area (Å²) < 4.78 is 1.71. The molecule has 3 rings (SSSR count). The van der Waals surface area contributed by atoms with Gasteiger partial charge in [-0.2, -0.15) is 0 Å². The number of nitrogens with zero attached hydrogens (tertiary/aromatic N) is 4. The molecule has 0 aromatic carbocycles. The fourth-order valence-corrected chi connectivity index (χ4v) is 2.37. The molecule has 3 aromatic heterocycles. The first kappa shape index (κ1) is 13.1. The van der Waals surface area contributed by atoms with E-state index in [2.05, 4.69) is 20.3 Å². The quantitative estimate of drug-likeness (QED) is 0.771. The largest absolute Gasteiger partial charge is 0.396 e. The fourth-order valence-electron chi connectivity index (χ4n) is 2.12. The molecule has 0 saturated carbocycles. The smallest absolute Gasteiger partial charge is 0.138 e. The van der Waals surface area contributed by atoms with E-state index < -0.39 is 0 Å². The first-order valence-corrected chi connectivity index (χ1v) is 6.69. The van der Waals surface area contributed by atoms with Gasteiger partial charge >= 0.3 is 0 Å². The van der Waals surface area contributed by atoms with E-state index in [1.54, 1.807) is 10.9 Å². The van der Waals surface area contributed by atoms with Crippen molar-refractivity contribution in [3.8, 4) is 11.3 Å². The van der Waals surface area contributed by atoms with Crippen LogP contribution in [0.25, 0.3) is 22.3 Å². The third-order valence-electron chi connectivity index (χ3n) is 3.15. The Morgan fingerprint density at radius 2 is 2.35 bits per heavy atom. The molecule has 6 nitrogen and oxygen atoms in total. The van der Waals surface area contributed by atoms with Gasteiger partial charge in [0.05, 0.1) is 11.2 Å². The maximum Gasteiger partial charge on any atom is 0.138 e. The van der Waals surface area contributed by atoms with Crippen molar-refractivity contribution in [2.24, 2.45) is 5.92 Å². The lowest BCUT2D eigenvalue weighted by Crippen LogP contribution is -2.11. The highest BCUT2D eigenvalue weighted by Crippen LogP contribution is 2.32. The molecular formula is C13H14ClN5O. The molecule has 0 radical (unpaired) electrons. The summed E-state index contributed by atoms with van der Waals surface area (Å²) in [6, 6.07) is 1.92. The molecule has 3 heterocycles. The average Bonchev–Trinajstić information content (AvgIpc) is 3.07. The third kappa shape index (κ3) is 2.28. The highest BCUT2D eigenvalue weighted by atomic mass is 35.5. The number of hydrogen-bond acceptors (Lipinski definition) is 4. The molecule has 0 aliphatic heterocycles. The molecule has 0 aliphatic rings. The van der Waals surface area contributed by atoms with Crippen LogP contribution in [0.5, 0.6) is 0 Å². The van der Waals surface area contributed by atoms with Gasteiger partial charge in [0.1, 0.15) is 11.3 Å². The van der Waals surface area contributed by atoms with Crippen molar-refractivity contribution in [3.05, 3.63) is 29.7 Å². The average molecular weight is 292 g/mol. The van der Waals surface area contributed by atoms with Crippen LogP contribution in [0, 0.1) is 5.92 Å². The molecule has 3 aromatic rings. The van der Waals surface area contributed by atoms with Gasteiger partial charge in [0.2, 0.25) is 0 Å². The van der Waals surface area contributed by atoms with Crippen molar-refractivity contribution >= 4 is 22.6 Å². The SMILES string of the molecule is C[C@H](CO)Cn1cc(-c2c(Cl)cnc3[nH]ccc23)nn1. The Labute approximate surface area is 120 Å². The van der Waals surface area contributed by atoms with Crippen LogP contribution in [0.4, 0.5) is 0 Å². The van der Waals surface area contributed by atoms with E-state index in [9.17, 15) is 0 Å². The summed E-state index contributed by atoms with van der Waals surface area (Å²) in [5.41, 5.74) is 2.29. The number of pyridine rings is 1. The van der Waals surface area contributed by atoms with Crippen molar-refractivity contribution in [2.45, 2.75) is 13.5 Å². The van der Waals surface area contributed by atoms with Crippen molar-refractivity contribution in [2.75, 3.05) is 6.61 Å². The number of aliphatic hydroxyl groups excluding tert-OH is 1. The minimum atomic E-state index is 0.118. The van der Waals surface area contributed by atoms with Crippen LogP contribution in [0.3, 0.4) is 0 Å². The maximum atomic E-state index is 9.08. The van der Waals surface area contributed by atoms with E-state index in [0.717, 1.165) is 16.6 Å². The number of aliphatic hydroxyl groups is 1. The number of H-pyrrole nitrogens is 1. The molecule has 0 saturated heterocycles. The Bertz CT molecular complexity index is 735. The molecule has 0 fully saturated rings. The summed E-state index contributed by atoms with van der Waals surface area (Å²) in [4.78, 5) is 7.27. The molecule has 2 N–H and O–H groups in total. The lowest BCUT2D eigenvalue weighted by molar-refractivity contribution is 0.218. The van der Waals surface area contributed by atoms with Crippen LogP contribution in [-0.2, 0) is 6.54 Å². The Balaban J connectivity index is 2.03. The zero-order chi connectivity index (χ0) is 14.1. The molecule has 104 valence electrons. The minimum absolute atomic E-state index is 0.118. The molecule has 0 aliphatic carbocycles. The summed E-state index contributed by atoms with van der Waals surface area (Å²) in [7, 11) is 0. The summed E-state index contributed by atoms with van der Waals surface area (Å²) in [5.74, 6) is 0.129. The second-order valence-electron chi connectivity index (χ2n) is 4.83. The summed E-state index contributed by atoms with van der Waals surface area (Å²) in [6.45, 7) is 2.68. The van der Waals surface area contributed by atoms with E-state index in [0.29, 0.717) is 17.3 Å². The van der Waals surface area contributed by atoms with E-state index in [1.165, 1.54) is 0 Å². The number of halogens is 1.